The highest BCUT2D eigenvalue weighted by Crippen LogP contribution is 2.32. The highest BCUT2D eigenvalue weighted by Gasteiger charge is 2.45. The van der Waals surface area contributed by atoms with Crippen LogP contribution in [-0.2, 0) is 10.2 Å². The van der Waals surface area contributed by atoms with Crippen LogP contribution in [0, 0.1) is 0 Å². The first kappa shape index (κ1) is 14.9. The molecule has 1 amide bonds. The molecule has 1 aromatic carbocycles. The third-order valence-corrected chi connectivity index (χ3v) is 3.60. The molecule has 4 nitrogen and oxygen atoms in total. The average Bonchev–Trinajstić information content (AvgIpc) is 3.13. The number of nitrogens with two attached hydrogens (primary N) is 1. The predicted molar refractivity (Wildman–Crippen MR) is 79.8 cm³/mol. The smallest absolute Gasteiger partial charge is 0.240 e. The van der Waals surface area contributed by atoms with Crippen molar-refractivity contribution in [3.63, 3.8) is 0 Å². The maximum Gasteiger partial charge on any atom is 0.240 e. The van der Waals surface area contributed by atoms with Gasteiger partial charge in [0.2, 0.25) is 5.91 Å². The second kappa shape index (κ2) is 5.44. The van der Waals surface area contributed by atoms with Crippen molar-refractivity contribution in [2.75, 3.05) is 13.2 Å². The SMILES string of the molecule is CC(C)(C)c1cccc(OCCNC(=O)C2(N)CC2)c1. The van der Waals surface area contributed by atoms with Crippen LogP contribution in [0.25, 0.3) is 0 Å². The minimum absolute atomic E-state index is 0.0652. The van der Waals surface area contributed by atoms with E-state index in [0.29, 0.717) is 13.2 Å². The zero-order chi connectivity index (χ0) is 14.8. The second-order valence-corrected chi connectivity index (χ2v) is 6.54. The molecule has 0 spiro atoms. The number of benzene rings is 1. The molecule has 4 heteroatoms. The van der Waals surface area contributed by atoms with Crippen LogP contribution < -0.4 is 15.8 Å². The Hall–Kier alpha value is -1.55. The van der Waals surface area contributed by atoms with Gasteiger partial charge in [0.05, 0.1) is 12.1 Å². The number of hydrogen-bond acceptors (Lipinski definition) is 3. The first-order chi connectivity index (χ1) is 9.31. The van der Waals surface area contributed by atoms with E-state index >= 15 is 0 Å². The molecule has 2 rings (SSSR count). The summed E-state index contributed by atoms with van der Waals surface area (Å²) < 4.78 is 5.67. The lowest BCUT2D eigenvalue weighted by atomic mass is 9.87. The quantitative estimate of drug-likeness (QED) is 0.808. The molecule has 0 aliphatic heterocycles. The summed E-state index contributed by atoms with van der Waals surface area (Å²) in [6.07, 6.45) is 1.57. The summed E-state index contributed by atoms with van der Waals surface area (Å²) in [6, 6.07) is 8.07. The molecular weight excluding hydrogens is 252 g/mol. The number of carbonyl (C=O) groups is 1. The predicted octanol–water partition coefficient (Wildman–Crippen LogP) is 1.97. The van der Waals surface area contributed by atoms with Crippen molar-refractivity contribution in [3.8, 4) is 5.75 Å². The molecule has 0 radical (unpaired) electrons. The van der Waals surface area contributed by atoms with Crippen molar-refractivity contribution in [1.82, 2.24) is 5.32 Å². The lowest BCUT2D eigenvalue weighted by Gasteiger charge is -2.19. The Labute approximate surface area is 120 Å². The summed E-state index contributed by atoms with van der Waals surface area (Å²) in [6.45, 7) is 7.45. The van der Waals surface area contributed by atoms with Gasteiger partial charge in [0, 0.05) is 0 Å². The molecule has 0 atom stereocenters. The summed E-state index contributed by atoms with van der Waals surface area (Å²) in [5.74, 6) is 0.769. The normalized spacial score (nSPS) is 16.6. The molecule has 1 saturated carbocycles. The van der Waals surface area contributed by atoms with Gasteiger partial charge in [-0.1, -0.05) is 32.9 Å². The minimum atomic E-state index is -0.605. The van der Waals surface area contributed by atoms with Crippen LogP contribution in [0.1, 0.15) is 39.2 Å². The van der Waals surface area contributed by atoms with Crippen LogP contribution in [0.4, 0.5) is 0 Å². The van der Waals surface area contributed by atoms with Gasteiger partial charge >= 0.3 is 0 Å². The highest BCUT2D eigenvalue weighted by molar-refractivity contribution is 5.88. The molecular formula is C16H24N2O2. The summed E-state index contributed by atoms with van der Waals surface area (Å²) in [4.78, 5) is 11.6. The number of nitrogens with one attached hydrogen (secondary N) is 1. The van der Waals surface area contributed by atoms with Crippen LogP contribution in [0.5, 0.6) is 5.75 Å². The zero-order valence-electron chi connectivity index (χ0n) is 12.5. The number of hydrogen-bond donors (Lipinski definition) is 2. The van der Waals surface area contributed by atoms with E-state index in [9.17, 15) is 4.79 Å². The van der Waals surface area contributed by atoms with Gasteiger partial charge in [0.15, 0.2) is 0 Å². The Morgan fingerprint density at radius 2 is 2.10 bits per heavy atom. The largest absolute Gasteiger partial charge is 0.492 e. The van der Waals surface area contributed by atoms with Gasteiger partial charge in [0.1, 0.15) is 12.4 Å². The van der Waals surface area contributed by atoms with Crippen molar-refractivity contribution in [2.45, 2.75) is 44.6 Å². The molecule has 20 heavy (non-hydrogen) atoms. The molecule has 0 heterocycles. The molecule has 0 bridgehead atoms. The fraction of sp³-hybridized carbons (Fsp3) is 0.562. The standard InChI is InChI=1S/C16H24N2O2/c1-15(2,3)12-5-4-6-13(11-12)20-10-9-18-14(19)16(17)7-8-16/h4-6,11H,7-10,17H2,1-3H3,(H,18,19). The summed E-state index contributed by atoms with van der Waals surface area (Å²) in [7, 11) is 0. The second-order valence-electron chi connectivity index (χ2n) is 6.54. The number of rotatable bonds is 5. The summed E-state index contributed by atoms with van der Waals surface area (Å²) in [5, 5.41) is 2.81. The number of carbonyl (C=O) groups excluding carboxylic acids is 1. The van der Waals surface area contributed by atoms with Crippen LogP contribution in [0.2, 0.25) is 0 Å². The Morgan fingerprint density at radius 1 is 1.40 bits per heavy atom. The molecule has 0 aromatic heterocycles. The molecule has 1 aromatic rings. The van der Waals surface area contributed by atoms with E-state index < -0.39 is 5.54 Å². The number of ether oxygens (including phenoxy) is 1. The maximum atomic E-state index is 11.6. The molecule has 1 fully saturated rings. The fourth-order valence-corrected chi connectivity index (χ4v) is 1.92. The van der Waals surface area contributed by atoms with Gasteiger partial charge in [-0.25, -0.2) is 0 Å². The van der Waals surface area contributed by atoms with Gasteiger partial charge in [-0.15, -0.1) is 0 Å². The first-order valence-electron chi connectivity index (χ1n) is 7.12. The van der Waals surface area contributed by atoms with E-state index in [-0.39, 0.29) is 11.3 Å². The Kier molecular flexibility index (Phi) is 4.04. The van der Waals surface area contributed by atoms with Gasteiger partial charge in [0.25, 0.3) is 0 Å². The van der Waals surface area contributed by atoms with Crippen molar-refractivity contribution < 1.29 is 9.53 Å². The third kappa shape index (κ3) is 3.73. The first-order valence-corrected chi connectivity index (χ1v) is 7.12. The lowest BCUT2D eigenvalue weighted by molar-refractivity contribution is -0.123. The summed E-state index contributed by atoms with van der Waals surface area (Å²) in [5.41, 5.74) is 6.53. The molecule has 3 N–H and O–H groups in total. The average molecular weight is 276 g/mol. The van der Waals surface area contributed by atoms with Crippen LogP contribution in [-0.4, -0.2) is 24.6 Å². The van der Waals surface area contributed by atoms with E-state index in [1.807, 2.05) is 18.2 Å². The van der Waals surface area contributed by atoms with Crippen LogP contribution in [0.15, 0.2) is 24.3 Å². The molecule has 0 unspecified atom stereocenters. The molecule has 1 aliphatic rings. The fourth-order valence-electron chi connectivity index (χ4n) is 1.92. The molecule has 0 saturated heterocycles. The zero-order valence-corrected chi connectivity index (χ0v) is 12.5. The Morgan fingerprint density at radius 3 is 2.70 bits per heavy atom. The minimum Gasteiger partial charge on any atom is -0.492 e. The van der Waals surface area contributed by atoms with Crippen molar-refractivity contribution in [2.24, 2.45) is 5.73 Å². The topological polar surface area (TPSA) is 64.3 Å². The van der Waals surface area contributed by atoms with Crippen molar-refractivity contribution in [1.29, 1.82) is 0 Å². The van der Waals surface area contributed by atoms with Crippen molar-refractivity contribution in [3.05, 3.63) is 29.8 Å². The highest BCUT2D eigenvalue weighted by atomic mass is 16.5. The maximum absolute atomic E-state index is 11.6. The van der Waals surface area contributed by atoms with Gasteiger partial charge in [-0.3, -0.25) is 4.79 Å². The Balaban J connectivity index is 1.78. The monoisotopic (exact) mass is 276 g/mol. The third-order valence-electron chi connectivity index (χ3n) is 3.60. The van der Waals surface area contributed by atoms with Crippen LogP contribution in [0.3, 0.4) is 0 Å². The van der Waals surface area contributed by atoms with E-state index in [1.165, 1.54) is 5.56 Å². The van der Waals surface area contributed by atoms with Crippen LogP contribution >= 0.6 is 0 Å². The Bertz CT molecular complexity index is 487. The summed E-state index contributed by atoms with van der Waals surface area (Å²) >= 11 is 0. The van der Waals surface area contributed by atoms with E-state index in [2.05, 4.69) is 32.2 Å². The van der Waals surface area contributed by atoms with E-state index in [1.54, 1.807) is 0 Å². The number of amides is 1. The molecule has 110 valence electrons. The molecule has 1 aliphatic carbocycles. The lowest BCUT2D eigenvalue weighted by Crippen LogP contribution is -2.44. The van der Waals surface area contributed by atoms with E-state index in [4.69, 9.17) is 10.5 Å². The van der Waals surface area contributed by atoms with Gasteiger partial charge < -0.3 is 15.8 Å². The van der Waals surface area contributed by atoms with Crippen molar-refractivity contribution >= 4 is 5.91 Å². The van der Waals surface area contributed by atoms with Gasteiger partial charge in [-0.2, -0.15) is 0 Å². The van der Waals surface area contributed by atoms with E-state index in [0.717, 1.165) is 18.6 Å². The van der Waals surface area contributed by atoms with Gasteiger partial charge in [-0.05, 0) is 36.0 Å².